The Hall–Kier alpha value is -2.51. The molecule has 1 aromatic carbocycles. The summed E-state index contributed by atoms with van der Waals surface area (Å²) in [6.07, 6.45) is 7.26. The zero-order valence-corrected chi connectivity index (χ0v) is 16.1. The number of nitrogens with one attached hydrogen (secondary N) is 1. The topological polar surface area (TPSA) is 115 Å². The number of amides is 1. The third-order valence-corrected chi connectivity index (χ3v) is 7.36. The Bertz CT molecular complexity index is 795. The van der Waals surface area contributed by atoms with Crippen molar-refractivity contribution in [3.05, 3.63) is 43.5 Å². The van der Waals surface area contributed by atoms with Gasteiger partial charge in [-0.15, -0.1) is 0 Å². The number of hydrogen-bond donors (Lipinski definition) is 1. The molecule has 0 unspecified atom stereocenters. The van der Waals surface area contributed by atoms with Gasteiger partial charge in [-0.2, -0.15) is 0 Å². The third kappa shape index (κ3) is 3.04. The molecule has 1 aromatic rings. The van der Waals surface area contributed by atoms with E-state index in [0.29, 0.717) is 0 Å². The number of nitro benzene ring substituents is 2. The Balaban J connectivity index is 1.58. The first-order valence-corrected chi connectivity index (χ1v) is 9.93. The van der Waals surface area contributed by atoms with E-state index in [0.717, 1.165) is 49.1 Å². The molecule has 8 nitrogen and oxygen atoms in total. The molecule has 8 heteroatoms. The van der Waals surface area contributed by atoms with Crippen molar-refractivity contribution in [2.75, 3.05) is 0 Å². The fourth-order valence-corrected chi connectivity index (χ4v) is 6.34. The maximum atomic E-state index is 12.9. The van der Waals surface area contributed by atoms with Crippen LogP contribution < -0.4 is 5.32 Å². The molecule has 4 aliphatic rings. The van der Waals surface area contributed by atoms with Gasteiger partial charge in [0.15, 0.2) is 0 Å². The Kier molecular flexibility index (Phi) is 4.39. The molecule has 0 radical (unpaired) electrons. The fraction of sp³-hybridized carbons (Fsp3) is 0.650. The van der Waals surface area contributed by atoms with Crippen LogP contribution in [0.3, 0.4) is 0 Å². The summed E-state index contributed by atoms with van der Waals surface area (Å²) in [6.45, 7) is 3.35. The van der Waals surface area contributed by atoms with E-state index in [1.54, 1.807) is 0 Å². The Labute approximate surface area is 163 Å². The predicted octanol–water partition coefficient (Wildman–Crippen LogP) is 4.15. The molecule has 150 valence electrons. The second kappa shape index (κ2) is 6.53. The highest BCUT2D eigenvalue weighted by Crippen LogP contribution is 2.61. The van der Waals surface area contributed by atoms with Gasteiger partial charge in [-0.05, 0) is 75.5 Å². The molecule has 28 heavy (non-hydrogen) atoms. The molecule has 0 aliphatic heterocycles. The lowest BCUT2D eigenvalue weighted by molar-refractivity contribution is -0.395. The lowest BCUT2D eigenvalue weighted by atomic mass is 9.48. The van der Waals surface area contributed by atoms with E-state index in [4.69, 9.17) is 0 Å². The van der Waals surface area contributed by atoms with Crippen LogP contribution in [0.4, 0.5) is 11.4 Å². The van der Waals surface area contributed by atoms with Crippen molar-refractivity contribution in [1.82, 2.24) is 5.32 Å². The molecule has 5 rings (SSSR count). The number of nitrogens with zero attached hydrogens (tertiary/aromatic N) is 2. The van der Waals surface area contributed by atoms with Crippen molar-refractivity contribution in [3.8, 4) is 0 Å². The van der Waals surface area contributed by atoms with E-state index in [-0.39, 0.29) is 22.6 Å². The first-order valence-electron chi connectivity index (χ1n) is 9.93. The van der Waals surface area contributed by atoms with E-state index in [1.165, 1.54) is 26.2 Å². The highest BCUT2D eigenvalue weighted by molar-refractivity contribution is 5.96. The fourth-order valence-electron chi connectivity index (χ4n) is 6.34. The van der Waals surface area contributed by atoms with Crippen molar-refractivity contribution < 1.29 is 14.6 Å². The molecule has 4 fully saturated rings. The average molecular weight is 387 g/mol. The monoisotopic (exact) mass is 387 g/mol. The molecule has 0 aromatic heterocycles. The van der Waals surface area contributed by atoms with Crippen LogP contribution in [0.15, 0.2) is 12.1 Å². The smallest absolute Gasteiger partial charge is 0.279 e. The summed E-state index contributed by atoms with van der Waals surface area (Å²) in [4.78, 5) is 34.0. The van der Waals surface area contributed by atoms with Gasteiger partial charge < -0.3 is 5.32 Å². The molecule has 1 N–H and O–H groups in total. The quantitative estimate of drug-likeness (QED) is 0.602. The second-order valence-corrected chi connectivity index (χ2v) is 9.13. The number of carbonyl (C=O) groups excluding carboxylic acids is 1. The third-order valence-electron chi connectivity index (χ3n) is 7.36. The van der Waals surface area contributed by atoms with Gasteiger partial charge in [-0.1, -0.05) is 0 Å². The van der Waals surface area contributed by atoms with Crippen LogP contribution >= 0.6 is 0 Å². The first-order chi connectivity index (χ1) is 13.2. The highest BCUT2D eigenvalue weighted by atomic mass is 16.6. The van der Waals surface area contributed by atoms with E-state index >= 15 is 0 Å². The Morgan fingerprint density at radius 1 is 1.04 bits per heavy atom. The SMILES string of the molecule is Cc1c([N+](=O)[O-])cc(C(=O)N[C@@H](C)C23CC4CC(CC(C4)C2)C3)cc1[N+](=O)[O-]. The van der Waals surface area contributed by atoms with E-state index < -0.39 is 27.1 Å². The second-order valence-electron chi connectivity index (χ2n) is 9.13. The molecule has 1 atom stereocenters. The molecule has 4 aliphatic carbocycles. The number of rotatable bonds is 5. The van der Waals surface area contributed by atoms with Gasteiger partial charge in [0.05, 0.1) is 15.4 Å². The Morgan fingerprint density at radius 3 is 1.86 bits per heavy atom. The zero-order valence-electron chi connectivity index (χ0n) is 16.1. The molecule has 4 bridgehead atoms. The summed E-state index contributed by atoms with van der Waals surface area (Å²) in [7, 11) is 0. The van der Waals surface area contributed by atoms with Crippen LogP contribution in [0.5, 0.6) is 0 Å². The summed E-state index contributed by atoms with van der Waals surface area (Å²) in [5.41, 5.74) is -0.780. The number of nitro groups is 2. The van der Waals surface area contributed by atoms with Crippen LogP contribution in [-0.2, 0) is 0 Å². The van der Waals surface area contributed by atoms with Crippen molar-refractivity contribution in [1.29, 1.82) is 0 Å². The summed E-state index contributed by atoms with van der Waals surface area (Å²) < 4.78 is 0. The van der Waals surface area contributed by atoms with E-state index in [1.807, 2.05) is 6.92 Å². The summed E-state index contributed by atoms with van der Waals surface area (Å²) in [5, 5.41) is 25.6. The van der Waals surface area contributed by atoms with E-state index in [2.05, 4.69) is 5.32 Å². The summed E-state index contributed by atoms with van der Waals surface area (Å²) in [6, 6.07) is 2.22. The summed E-state index contributed by atoms with van der Waals surface area (Å²) in [5.74, 6) is 1.75. The largest absolute Gasteiger partial charge is 0.349 e. The highest BCUT2D eigenvalue weighted by Gasteiger charge is 2.53. The van der Waals surface area contributed by atoms with Gasteiger partial charge in [-0.25, -0.2) is 0 Å². The van der Waals surface area contributed by atoms with Gasteiger partial charge >= 0.3 is 0 Å². The predicted molar refractivity (Wildman–Crippen MR) is 102 cm³/mol. The molecule has 4 saturated carbocycles. The lowest BCUT2D eigenvalue weighted by Gasteiger charge is -2.59. The molecular formula is C20H25N3O5. The van der Waals surface area contributed by atoms with Crippen LogP contribution in [0.1, 0.15) is 61.4 Å². The average Bonchev–Trinajstić information content (AvgIpc) is 2.60. The van der Waals surface area contributed by atoms with Gasteiger partial charge in [-0.3, -0.25) is 25.0 Å². The minimum atomic E-state index is -0.679. The van der Waals surface area contributed by atoms with Crippen molar-refractivity contribution in [3.63, 3.8) is 0 Å². The molecule has 0 saturated heterocycles. The minimum absolute atomic E-state index is 0.0272. The van der Waals surface area contributed by atoms with Gasteiger partial charge in [0, 0.05) is 18.2 Å². The standard InChI is InChI=1S/C20H25N3O5/c1-11-17(22(25)26)6-16(7-18(11)23(27)28)19(24)21-12(2)20-8-13-3-14(9-20)5-15(4-13)10-20/h6-7,12-15H,3-5,8-10H2,1-2H3,(H,21,24)/t12-,13?,14?,15?,20?/m0/s1. The number of carbonyl (C=O) groups is 1. The first kappa shape index (κ1) is 18.8. The zero-order chi connectivity index (χ0) is 20.2. The van der Waals surface area contributed by atoms with Crippen LogP contribution in [-0.4, -0.2) is 21.8 Å². The van der Waals surface area contributed by atoms with E-state index in [9.17, 15) is 25.0 Å². The summed E-state index contributed by atoms with van der Waals surface area (Å²) >= 11 is 0. The van der Waals surface area contributed by atoms with Crippen LogP contribution in [0.25, 0.3) is 0 Å². The molecule has 0 heterocycles. The van der Waals surface area contributed by atoms with Crippen LogP contribution in [0.2, 0.25) is 0 Å². The van der Waals surface area contributed by atoms with Crippen LogP contribution in [0, 0.1) is 50.3 Å². The molecular weight excluding hydrogens is 362 g/mol. The molecule has 0 spiro atoms. The van der Waals surface area contributed by atoms with Gasteiger partial charge in [0.1, 0.15) is 5.56 Å². The Morgan fingerprint density at radius 2 is 1.46 bits per heavy atom. The van der Waals surface area contributed by atoms with Crippen molar-refractivity contribution >= 4 is 17.3 Å². The normalized spacial score (nSPS) is 31.4. The van der Waals surface area contributed by atoms with Crippen molar-refractivity contribution in [2.45, 2.75) is 58.4 Å². The minimum Gasteiger partial charge on any atom is -0.349 e. The number of hydrogen-bond acceptors (Lipinski definition) is 5. The number of benzene rings is 1. The van der Waals surface area contributed by atoms with Crippen molar-refractivity contribution in [2.24, 2.45) is 23.2 Å². The van der Waals surface area contributed by atoms with Gasteiger partial charge in [0.2, 0.25) is 0 Å². The lowest BCUT2D eigenvalue weighted by Crippen LogP contribution is -2.55. The maximum Gasteiger partial charge on any atom is 0.279 e. The molecule has 1 amide bonds. The van der Waals surface area contributed by atoms with Gasteiger partial charge in [0.25, 0.3) is 17.3 Å². The maximum absolute atomic E-state index is 12.9.